The van der Waals surface area contributed by atoms with E-state index in [1.54, 1.807) is 6.07 Å². The first-order chi connectivity index (χ1) is 8.97. The van der Waals surface area contributed by atoms with Crippen LogP contribution in [0.5, 0.6) is 0 Å². The average molecular weight is 274 g/mol. The van der Waals surface area contributed by atoms with Crippen LogP contribution in [0.25, 0.3) is 0 Å². The molecule has 3 nitrogen and oxygen atoms in total. The summed E-state index contributed by atoms with van der Waals surface area (Å²) < 4.78 is 38.9. The summed E-state index contributed by atoms with van der Waals surface area (Å²) in [5.41, 5.74) is 5.26. The van der Waals surface area contributed by atoms with Gasteiger partial charge in [-0.25, -0.2) is 0 Å². The van der Waals surface area contributed by atoms with Crippen molar-refractivity contribution in [1.82, 2.24) is 0 Å². The minimum atomic E-state index is -4.40. The molecular weight excluding hydrogens is 257 g/mol. The van der Waals surface area contributed by atoms with Gasteiger partial charge in [0.25, 0.3) is 0 Å². The van der Waals surface area contributed by atoms with Gasteiger partial charge in [-0.2, -0.15) is 13.2 Å². The van der Waals surface area contributed by atoms with E-state index in [1.165, 1.54) is 6.07 Å². The number of hydrogen-bond donors (Lipinski definition) is 2. The van der Waals surface area contributed by atoms with Crippen LogP contribution in [0.4, 0.5) is 18.9 Å². The molecule has 0 unspecified atom stereocenters. The van der Waals surface area contributed by atoms with E-state index in [0.717, 1.165) is 18.9 Å². The van der Waals surface area contributed by atoms with Gasteiger partial charge in [0.2, 0.25) is 0 Å². The van der Waals surface area contributed by atoms with Gasteiger partial charge >= 0.3 is 6.18 Å². The number of rotatable bonds is 5. The predicted molar refractivity (Wildman–Crippen MR) is 66.8 cm³/mol. The van der Waals surface area contributed by atoms with Crippen LogP contribution in [0.2, 0.25) is 0 Å². The topological polar surface area (TPSA) is 49.5 Å². The first kappa shape index (κ1) is 14.1. The molecule has 6 heteroatoms. The standard InChI is InChI=1S/C13H17F3N2O/c14-13(15,16)12-7-11(2-1-9(12)8-17)18(5-6-19)10-3-4-10/h1-2,7,10,19H,3-6,8,17H2. The van der Waals surface area contributed by atoms with Crippen LogP contribution in [0.15, 0.2) is 18.2 Å². The Morgan fingerprint density at radius 1 is 1.32 bits per heavy atom. The minimum Gasteiger partial charge on any atom is -0.395 e. The number of alkyl halides is 3. The molecule has 1 aromatic rings. The zero-order chi connectivity index (χ0) is 14.0. The molecule has 0 aliphatic heterocycles. The van der Waals surface area contributed by atoms with Crippen molar-refractivity contribution >= 4 is 5.69 Å². The summed E-state index contributed by atoms with van der Waals surface area (Å²) in [6.07, 6.45) is -2.49. The highest BCUT2D eigenvalue weighted by Gasteiger charge is 2.35. The van der Waals surface area contributed by atoms with E-state index in [1.807, 2.05) is 4.90 Å². The number of nitrogens with two attached hydrogens (primary N) is 1. The molecule has 0 amide bonds. The normalized spacial score (nSPS) is 15.6. The highest BCUT2D eigenvalue weighted by Crippen LogP contribution is 2.37. The molecule has 0 spiro atoms. The Hall–Kier alpha value is -1.27. The minimum absolute atomic E-state index is 0.0729. The smallest absolute Gasteiger partial charge is 0.395 e. The molecule has 0 radical (unpaired) electrons. The molecule has 19 heavy (non-hydrogen) atoms. The van der Waals surface area contributed by atoms with E-state index in [-0.39, 0.29) is 24.8 Å². The first-order valence-corrected chi connectivity index (χ1v) is 6.25. The molecule has 106 valence electrons. The van der Waals surface area contributed by atoms with E-state index < -0.39 is 11.7 Å². The maximum atomic E-state index is 13.0. The fourth-order valence-electron chi connectivity index (χ4n) is 2.20. The summed E-state index contributed by atoms with van der Waals surface area (Å²) in [5, 5.41) is 9.02. The van der Waals surface area contributed by atoms with E-state index in [0.29, 0.717) is 12.2 Å². The number of benzene rings is 1. The van der Waals surface area contributed by atoms with Gasteiger partial charge in [0.05, 0.1) is 12.2 Å². The molecule has 0 saturated heterocycles. The average Bonchev–Trinajstić information content (AvgIpc) is 3.18. The molecule has 1 fully saturated rings. The van der Waals surface area contributed by atoms with Gasteiger partial charge in [0.1, 0.15) is 0 Å². The first-order valence-electron chi connectivity index (χ1n) is 6.25. The number of nitrogens with zero attached hydrogens (tertiary/aromatic N) is 1. The van der Waals surface area contributed by atoms with Crippen molar-refractivity contribution in [2.75, 3.05) is 18.1 Å². The third kappa shape index (κ3) is 3.19. The van der Waals surface area contributed by atoms with Crippen LogP contribution < -0.4 is 10.6 Å². The van der Waals surface area contributed by atoms with Crippen molar-refractivity contribution in [2.24, 2.45) is 5.73 Å². The van der Waals surface area contributed by atoms with Crippen LogP contribution >= 0.6 is 0 Å². The van der Waals surface area contributed by atoms with E-state index >= 15 is 0 Å². The highest BCUT2D eigenvalue weighted by atomic mass is 19.4. The molecule has 0 aromatic heterocycles. The van der Waals surface area contributed by atoms with Gasteiger partial charge < -0.3 is 15.7 Å². The van der Waals surface area contributed by atoms with Gasteiger partial charge in [-0.3, -0.25) is 0 Å². The van der Waals surface area contributed by atoms with Crippen molar-refractivity contribution in [3.8, 4) is 0 Å². The number of anilines is 1. The van der Waals surface area contributed by atoms with Crippen molar-refractivity contribution in [3.63, 3.8) is 0 Å². The fourth-order valence-corrected chi connectivity index (χ4v) is 2.20. The van der Waals surface area contributed by atoms with Crippen molar-refractivity contribution in [1.29, 1.82) is 0 Å². The zero-order valence-corrected chi connectivity index (χ0v) is 10.5. The maximum absolute atomic E-state index is 13.0. The lowest BCUT2D eigenvalue weighted by atomic mass is 10.1. The SMILES string of the molecule is NCc1ccc(N(CCO)C2CC2)cc1C(F)(F)F. The van der Waals surface area contributed by atoms with Crippen molar-refractivity contribution in [2.45, 2.75) is 31.6 Å². The van der Waals surface area contributed by atoms with E-state index in [9.17, 15) is 13.2 Å². The summed E-state index contributed by atoms with van der Waals surface area (Å²) >= 11 is 0. The largest absolute Gasteiger partial charge is 0.416 e. The molecule has 1 aliphatic carbocycles. The van der Waals surface area contributed by atoms with E-state index in [4.69, 9.17) is 10.8 Å². The second kappa shape index (κ2) is 5.38. The Kier molecular flexibility index (Phi) is 4.01. The third-order valence-corrected chi connectivity index (χ3v) is 3.28. The maximum Gasteiger partial charge on any atom is 0.416 e. The Bertz CT molecular complexity index is 444. The summed E-state index contributed by atoms with van der Waals surface area (Å²) in [6.45, 7) is 0.138. The third-order valence-electron chi connectivity index (χ3n) is 3.28. The Labute approximate surface area is 109 Å². The fraction of sp³-hybridized carbons (Fsp3) is 0.538. The molecule has 0 bridgehead atoms. The lowest BCUT2D eigenvalue weighted by Crippen LogP contribution is -2.29. The number of halogens is 3. The van der Waals surface area contributed by atoms with Gasteiger partial charge in [-0.05, 0) is 30.5 Å². The molecule has 1 aliphatic rings. The number of hydrogen-bond acceptors (Lipinski definition) is 3. The summed E-state index contributed by atoms with van der Waals surface area (Å²) in [5.74, 6) is 0. The molecule has 1 aromatic carbocycles. The summed E-state index contributed by atoms with van der Waals surface area (Å²) in [4.78, 5) is 1.83. The summed E-state index contributed by atoms with van der Waals surface area (Å²) in [7, 11) is 0. The van der Waals surface area contributed by atoms with Crippen LogP contribution in [0, 0.1) is 0 Å². The van der Waals surface area contributed by atoms with Gasteiger partial charge in [-0.1, -0.05) is 6.07 Å². The highest BCUT2D eigenvalue weighted by molar-refractivity contribution is 5.53. The Morgan fingerprint density at radius 3 is 2.47 bits per heavy atom. The molecular formula is C13H17F3N2O. The van der Waals surface area contributed by atoms with E-state index in [2.05, 4.69) is 0 Å². The molecule has 2 rings (SSSR count). The second-order valence-corrected chi connectivity index (χ2v) is 4.69. The lowest BCUT2D eigenvalue weighted by molar-refractivity contribution is -0.138. The lowest BCUT2D eigenvalue weighted by Gasteiger charge is -2.25. The quantitative estimate of drug-likeness (QED) is 0.864. The van der Waals surface area contributed by atoms with Crippen molar-refractivity contribution in [3.05, 3.63) is 29.3 Å². The second-order valence-electron chi connectivity index (χ2n) is 4.69. The number of aliphatic hydroxyl groups excluding tert-OH is 1. The van der Waals surface area contributed by atoms with Crippen LogP contribution in [0.3, 0.4) is 0 Å². The Balaban J connectivity index is 2.36. The molecule has 0 atom stereocenters. The monoisotopic (exact) mass is 274 g/mol. The van der Waals surface area contributed by atoms with Gasteiger partial charge in [0, 0.05) is 24.8 Å². The van der Waals surface area contributed by atoms with Crippen LogP contribution in [0.1, 0.15) is 24.0 Å². The van der Waals surface area contributed by atoms with Crippen LogP contribution in [-0.2, 0) is 12.7 Å². The molecule has 0 heterocycles. The van der Waals surface area contributed by atoms with Crippen LogP contribution in [-0.4, -0.2) is 24.3 Å². The Morgan fingerprint density at radius 2 is 2.00 bits per heavy atom. The molecule has 1 saturated carbocycles. The molecule has 3 N–H and O–H groups in total. The van der Waals surface area contributed by atoms with Gasteiger partial charge in [-0.15, -0.1) is 0 Å². The van der Waals surface area contributed by atoms with Gasteiger partial charge in [0.15, 0.2) is 0 Å². The summed E-state index contributed by atoms with van der Waals surface area (Å²) in [6, 6.07) is 4.45. The predicted octanol–water partition coefficient (Wildman–Crippen LogP) is 2.13. The van der Waals surface area contributed by atoms with Crippen molar-refractivity contribution < 1.29 is 18.3 Å². The number of aliphatic hydroxyl groups is 1. The zero-order valence-electron chi connectivity index (χ0n) is 10.5.